The van der Waals surface area contributed by atoms with E-state index in [0.29, 0.717) is 11.7 Å². The molecule has 4 N–H and O–H groups in total. The number of aliphatic imine (C=N–C) groups is 1. The van der Waals surface area contributed by atoms with Crippen molar-refractivity contribution in [2.24, 2.45) is 16.5 Å². The van der Waals surface area contributed by atoms with E-state index in [1.54, 1.807) is 6.08 Å². The van der Waals surface area contributed by atoms with E-state index in [4.69, 9.17) is 11.5 Å². The molecule has 1 heterocycles. The van der Waals surface area contributed by atoms with Gasteiger partial charge in [0.05, 0.1) is 5.69 Å². The summed E-state index contributed by atoms with van der Waals surface area (Å²) in [6, 6.07) is 18.3. The van der Waals surface area contributed by atoms with Crippen molar-refractivity contribution >= 4 is 22.4 Å². The number of pyridine rings is 1. The van der Waals surface area contributed by atoms with Crippen LogP contribution in [0.1, 0.15) is 5.56 Å². The maximum atomic E-state index is 5.81. The molecule has 114 valence electrons. The van der Waals surface area contributed by atoms with Gasteiger partial charge in [-0.05, 0) is 30.7 Å². The standard InChI is InChI=1S/C19H18N4/c1-13-6-8-14(9-7-13)19-16-5-3-2-4-15(16)12-18(23-19)22-17(21)10-11-20/h2-12H,20H2,1H3,(H2,21,22,23)/b11-10-. The second-order valence-electron chi connectivity index (χ2n) is 5.31. The second kappa shape index (κ2) is 6.32. The number of aromatic nitrogens is 1. The smallest absolute Gasteiger partial charge is 0.155 e. The first-order chi connectivity index (χ1) is 11.2. The predicted molar refractivity (Wildman–Crippen MR) is 96.5 cm³/mol. The third-order valence-electron chi connectivity index (χ3n) is 3.56. The summed E-state index contributed by atoms with van der Waals surface area (Å²) in [5, 5.41) is 2.16. The van der Waals surface area contributed by atoms with Crippen molar-refractivity contribution in [2.75, 3.05) is 0 Å². The van der Waals surface area contributed by atoms with Crippen molar-refractivity contribution in [3.8, 4) is 11.3 Å². The Morgan fingerprint density at radius 3 is 2.57 bits per heavy atom. The molecule has 0 amide bonds. The molecule has 0 aliphatic heterocycles. The highest BCUT2D eigenvalue weighted by Gasteiger charge is 2.08. The second-order valence-corrected chi connectivity index (χ2v) is 5.31. The molecule has 0 saturated heterocycles. The van der Waals surface area contributed by atoms with Gasteiger partial charge >= 0.3 is 0 Å². The predicted octanol–water partition coefficient (Wildman–Crippen LogP) is 3.67. The monoisotopic (exact) mass is 302 g/mol. The lowest BCUT2D eigenvalue weighted by atomic mass is 10.0. The van der Waals surface area contributed by atoms with Crippen LogP contribution in [0.15, 0.2) is 71.9 Å². The minimum atomic E-state index is 0.324. The molecule has 0 atom stereocenters. The van der Waals surface area contributed by atoms with Gasteiger partial charge in [-0.2, -0.15) is 0 Å². The van der Waals surface area contributed by atoms with E-state index < -0.39 is 0 Å². The molecular formula is C19H18N4. The summed E-state index contributed by atoms with van der Waals surface area (Å²) in [7, 11) is 0. The average Bonchev–Trinajstić information content (AvgIpc) is 2.55. The Kier molecular flexibility index (Phi) is 4.06. The molecule has 0 unspecified atom stereocenters. The summed E-state index contributed by atoms with van der Waals surface area (Å²) in [6.45, 7) is 2.07. The van der Waals surface area contributed by atoms with Crippen LogP contribution < -0.4 is 11.5 Å². The average molecular weight is 302 g/mol. The summed E-state index contributed by atoms with van der Waals surface area (Å²) in [5.41, 5.74) is 14.3. The first kappa shape index (κ1) is 14.8. The Hall–Kier alpha value is -3.14. The number of aryl methyl sites for hydroxylation is 1. The number of nitrogens with zero attached hydrogens (tertiary/aromatic N) is 2. The molecule has 0 radical (unpaired) electrons. The lowest BCUT2D eigenvalue weighted by molar-refractivity contribution is 1.29. The SMILES string of the molecule is Cc1ccc(-c2nc(/N=C(N)\C=C/N)cc3ccccc23)cc1. The molecule has 4 nitrogen and oxygen atoms in total. The molecule has 0 aliphatic rings. The van der Waals surface area contributed by atoms with Crippen LogP contribution in [-0.4, -0.2) is 10.8 Å². The summed E-state index contributed by atoms with van der Waals surface area (Å²) in [6.07, 6.45) is 2.91. The van der Waals surface area contributed by atoms with Gasteiger partial charge < -0.3 is 11.5 Å². The summed E-state index contributed by atoms with van der Waals surface area (Å²) < 4.78 is 0. The van der Waals surface area contributed by atoms with Gasteiger partial charge in [-0.15, -0.1) is 0 Å². The van der Waals surface area contributed by atoms with Crippen LogP contribution >= 0.6 is 0 Å². The van der Waals surface area contributed by atoms with E-state index in [1.807, 2.05) is 24.3 Å². The molecule has 1 aromatic heterocycles. The number of fused-ring (bicyclic) bond motifs is 1. The molecule has 23 heavy (non-hydrogen) atoms. The van der Waals surface area contributed by atoms with E-state index >= 15 is 0 Å². The fourth-order valence-corrected chi connectivity index (χ4v) is 2.44. The van der Waals surface area contributed by atoms with E-state index in [9.17, 15) is 0 Å². The number of hydrogen-bond acceptors (Lipinski definition) is 3. The molecule has 0 saturated carbocycles. The van der Waals surface area contributed by atoms with E-state index in [1.165, 1.54) is 11.8 Å². The maximum absolute atomic E-state index is 5.81. The molecular weight excluding hydrogens is 284 g/mol. The van der Waals surface area contributed by atoms with Gasteiger partial charge in [0.1, 0.15) is 5.84 Å². The Morgan fingerprint density at radius 1 is 1.09 bits per heavy atom. The molecule has 2 aromatic carbocycles. The van der Waals surface area contributed by atoms with Gasteiger partial charge in [0.15, 0.2) is 5.82 Å². The zero-order valence-electron chi connectivity index (χ0n) is 12.9. The van der Waals surface area contributed by atoms with E-state index in [0.717, 1.165) is 22.0 Å². The first-order valence-electron chi connectivity index (χ1n) is 7.36. The minimum absolute atomic E-state index is 0.324. The Morgan fingerprint density at radius 2 is 1.83 bits per heavy atom. The van der Waals surface area contributed by atoms with Crippen molar-refractivity contribution in [3.05, 3.63) is 72.4 Å². The highest BCUT2D eigenvalue weighted by Crippen LogP contribution is 2.30. The zero-order chi connectivity index (χ0) is 16.2. The number of hydrogen-bond donors (Lipinski definition) is 2. The Labute approximate surface area is 135 Å². The van der Waals surface area contributed by atoms with Crippen molar-refractivity contribution in [1.29, 1.82) is 0 Å². The van der Waals surface area contributed by atoms with Crippen LogP contribution in [0, 0.1) is 6.92 Å². The van der Waals surface area contributed by atoms with Crippen molar-refractivity contribution < 1.29 is 0 Å². The fraction of sp³-hybridized carbons (Fsp3) is 0.0526. The van der Waals surface area contributed by atoms with Gasteiger partial charge in [-0.3, -0.25) is 0 Å². The van der Waals surface area contributed by atoms with Gasteiger partial charge in [0.25, 0.3) is 0 Å². The van der Waals surface area contributed by atoms with E-state index in [2.05, 4.69) is 47.2 Å². The zero-order valence-corrected chi connectivity index (χ0v) is 12.9. The first-order valence-corrected chi connectivity index (χ1v) is 7.36. The Balaban J connectivity index is 2.22. The van der Waals surface area contributed by atoms with Gasteiger partial charge in [-0.25, -0.2) is 9.98 Å². The van der Waals surface area contributed by atoms with Gasteiger partial charge in [0, 0.05) is 10.9 Å². The molecule has 0 aliphatic carbocycles. The number of nitrogens with two attached hydrogens (primary N) is 2. The van der Waals surface area contributed by atoms with Gasteiger partial charge in [-0.1, -0.05) is 54.1 Å². The molecule has 4 heteroatoms. The van der Waals surface area contributed by atoms with Crippen molar-refractivity contribution in [3.63, 3.8) is 0 Å². The minimum Gasteiger partial charge on any atom is -0.404 e. The highest BCUT2D eigenvalue weighted by molar-refractivity contribution is 5.98. The van der Waals surface area contributed by atoms with Crippen LogP contribution in [0.4, 0.5) is 5.82 Å². The summed E-state index contributed by atoms with van der Waals surface area (Å²) >= 11 is 0. The number of rotatable bonds is 3. The van der Waals surface area contributed by atoms with Crippen LogP contribution in [0.25, 0.3) is 22.0 Å². The van der Waals surface area contributed by atoms with Gasteiger partial charge in [0.2, 0.25) is 0 Å². The molecule has 0 fully saturated rings. The van der Waals surface area contributed by atoms with E-state index in [-0.39, 0.29) is 0 Å². The quantitative estimate of drug-likeness (QED) is 0.572. The fourth-order valence-electron chi connectivity index (χ4n) is 2.44. The van der Waals surface area contributed by atoms with Crippen LogP contribution in [0.5, 0.6) is 0 Å². The normalized spacial score (nSPS) is 12.1. The number of amidine groups is 1. The van der Waals surface area contributed by atoms with Crippen molar-refractivity contribution in [1.82, 2.24) is 4.98 Å². The molecule has 0 bridgehead atoms. The molecule has 3 rings (SSSR count). The van der Waals surface area contributed by atoms with Crippen LogP contribution in [0.2, 0.25) is 0 Å². The van der Waals surface area contributed by atoms with Crippen LogP contribution in [-0.2, 0) is 0 Å². The lowest BCUT2D eigenvalue weighted by Crippen LogP contribution is -2.07. The third kappa shape index (κ3) is 3.21. The highest BCUT2D eigenvalue weighted by atomic mass is 15.0. The molecule has 3 aromatic rings. The lowest BCUT2D eigenvalue weighted by Gasteiger charge is -2.08. The maximum Gasteiger partial charge on any atom is 0.155 e. The van der Waals surface area contributed by atoms with Crippen molar-refractivity contribution in [2.45, 2.75) is 6.92 Å². The summed E-state index contributed by atoms with van der Waals surface area (Å²) in [4.78, 5) is 9.00. The Bertz CT molecular complexity index is 893. The number of benzene rings is 2. The summed E-state index contributed by atoms with van der Waals surface area (Å²) in [5.74, 6) is 0.889. The topological polar surface area (TPSA) is 77.3 Å². The third-order valence-corrected chi connectivity index (χ3v) is 3.56. The molecule has 0 spiro atoms. The van der Waals surface area contributed by atoms with Crippen LogP contribution in [0.3, 0.4) is 0 Å². The largest absolute Gasteiger partial charge is 0.404 e.